The highest BCUT2D eigenvalue weighted by atomic mass is 32.1. The van der Waals surface area contributed by atoms with E-state index in [-0.39, 0.29) is 42.1 Å². The monoisotopic (exact) mass is 1270 g/mol. The molecule has 4 saturated heterocycles. The van der Waals surface area contributed by atoms with Crippen LogP contribution in [0, 0.1) is 5.92 Å². The zero-order chi connectivity index (χ0) is 64.7. The number of hydrogen-bond acceptors (Lipinski definition) is 21. The molecule has 90 heavy (non-hydrogen) atoms. The number of carbonyl (C=O) groups excluding carboxylic acids is 7. The second-order valence-electron chi connectivity index (χ2n) is 24.1. The molecule has 13 atom stereocenters. The molecule has 7 amide bonds. The van der Waals surface area contributed by atoms with Crippen molar-refractivity contribution in [3.05, 3.63) is 90.0 Å². The van der Waals surface area contributed by atoms with E-state index in [1.165, 1.54) is 67.2 Å². The first-order chi connectivity index (χ1) is 43.0. The quantitative estimate of drug-likeness (QED) is 0.0639. The van der Waals surface area contributed by atoms with E-state index in [1.54, 1.807) is 19.1 Å². The zero-order valence-electron chi connectivity index (χ0n) is 50.5. The summed E-state index contributed by atoms with van der Waals surface area (Å²) in [7, 11) is 1.28. The van der Waals surface area contributed by atoms with Crippen molar-refractivity contribution in [3.8, 4) is 32.6 Å². The molecule has 0 spiro atoms. The Bertz CT molecular complexity index is 3230. The molecule has 0 radical (unpaired) electrons. The van der Waals surface area contributed by atoms with Crippen molar-refractivity contribution in [1.82, 2.24) is 51.5 Å². The number of anilines is 1. The first-order valence-electron chi connectivity index (χ1n) is 30.5. The van der Waals surface area contributed by atoms with E-state index in [0.29, 0.717) is 21.6 Å². The van der Waals surface area contributed by atoms with Gasteiger partial charge in [-0.2, -0.15) is 0 Å². The van der Waals surface area contributed by atoms with Crippen LogP contribution in [0.3, 0.4) is 0 Å². The number of aliphatic hydroxyl groups excluding tert-OH is 6. The van der Waals surface area contributed by atoms with E-state index < -0.39 is 152 Å². The molecular weight excluding hydrogens is 1180 g/mol. The van der Waals surface area contributed by atoms with Gasteiger partial charge in [-0.3, -0.25) is 38.5 Å². The fraction of sp³-hybridized carbons (Fsp3) is 0.532. The number of nitrogens with zero attached hydrogens (tertiary/aromatic N) is 6. The van der Waals surface area contributed by atoms with Gasteiger partial charge in [0.1, 0.15) is 46.3 Å². The Morgan fingerprint density at radius 1 is 0.767 bits per heavy atom. The minimum atomic E-state index is -2.02. The van der Waals surface area contributed by atoms with Gasteiger partial charge in [-0.1, -0.05) is 48.6 Å². The molecule has 9 rings (SSSR count). The van der Waals surface area contributed by atoms with E-state index in [4.69, 9.17) is 10.5 Å². The first-order valence-corrected chi connectivity index (χ1v) is 31.3. The molecule has 1 aromatic heterocycles. The molecule has 1 aliphatic carbocycles. The smallest absolute Gasteiger partial charge is 0.251 e. The zero-order valence-corrected chi connectivity index (χ0v) is 51.3. The van der Waals surface area contributed by atoms with Crippen LogP contribution >= 0.6 is 11.3 Å². The molecule has 28 heteroatoms. The van der Waals surface area contributed by atoms with Gasteiger partial charge >= 0.3 is 0 Å². The van der Waals surface area contributed by atoms with E-state index in [9.17, 15) is 69.3 Å². The summed E-state index contributed by atoms with van der Waals surface area (Å²) in [6.07, 6.45) is -7.17. The maximum absolute atomic E-state index is 14.7. The molecule has 4 aliphatic heterocycles. The molecule has 486 valence electrons. The topological polar surface area (TPSA) is 395 Å². The van der Waals surface area contributed by atoms with Crippen LogP contribution in [0.15, 0.2) is 78.9 Å². The first kappa shape index (κ1) is 66.7. The summed E-state index contributed by atoms with van der Waals surface area (Å²) < 4.78 is 5.20. The van der Waals surface area contributed by atoms with E-state index in [2.05, 4.69) is 65.3 Å². The number of carbonyl (C=O) groups is 7. The number of rotatable bonds is 14. The van der Waals surface area contributed by atoms with E-state index in [0.717, 1.165) is 67.0 Å². The number of piperazine rings is 1. The number of nitrogens with two attached hydrogens (primary N) is 1. The molecule has 1 saturated carbocycles. The van der Waals surface area contributed by atoms with Gasteiger partial charge in [0.2, 0.25) is 35.4 Å². The maximum Gasteiger partial charge on any atom is 0.251 e. The Kier molecular flexibility index (Phi) is 21.9. The van der Waals surface area contributed by atoms with Crippen LogP contribution in [0.2, 0.25) is 0 Å². The number of fused-ring (bicyclic) bond motifs is 2. The van der Waals surface area contributed by atoms with E-state index in [1.807, 2.05) is 12.1 Å². The van der Waals surface area contributed by atoms with Crippen molar-refractivity contribution in [1.29, 1.82) is 0 Å². The summed E-state index contributed by atoms with van der Waals surface area (Å²) in [6.45, 7) is 9.10. The summed E-state index contributed by atoms with van der Waals surface area (Å²) >= 11 is 1.35. The Morgan fingerprint density at radius 3 is 2.02 bits per heavy atom. The van der Waals surface area contributed by atoms with Crippen LogP contribution in [0.25, 0.3) is 21.1 Å². The van der Waals surface area contributed by atoms with Crippen LogP contribution in [-0.4, -0.2) is 240 Å². The Labute approximate surface area is 524 Å². The maximum atomic E-state index is 14.7. The average molecular weight is 1270 g/mol. The van der Waals surface area contributed by atoms with Crippen LogP contribution in [0.4, 0.5) is 5.69 Å². The van der Waals surface area contributed by atoms with Gasteiger partial charge < -0.3 is 87.5 Å². The number of aliphatic hydroxyl groups is 6. The number of allylic oxidation sites excluding steroid dienone is 1. The van der Waals surface area contributed by atoms with Crippen LogP contribution in [0.1, 0.15) is 74.7 Å². The molecule has 3 aromatic carbocycles. The number of phenolic OH excluding ortho intramolecular Hbond substituents is 1. The number of aromatic nitrogens is 2. The number of nitrogens with one attached hydrogen (secondary N) is 5. The van der Waals surface area contributed by atoms with Gasteiger partial charge in [0.25, 0.3) is 5.91 Å². The van der Waals surface area contributed by atoms with Crippen molar-refractivity contribution in [2.24, 2.45) is 11.7 Å². The van der Waals surface area contributed by atoms with Crippen molar-refractivity contribution >= 4 is 58.4 Å². The van der Waals surface area contributed by atoms with Crippen LogP contribution in [0.5, 0.6) is 11.5 Å². The second-order valence-corrected chi connectivity index (χ2v) is 25.1. The largest absolute Gasteiger partial charge is 0.504 e. The highest BCUT2D eigenvalue weighted by Gasteiger charge is 2.50. The Morgan fingerprint density at radius 2 is 1.39 bits per heavy atom. The average Bonchev–Trinajstić information content (AvgIpc) is 1.68. The van der Waals surface area contributed by atoms with Crippen LogP contribution < -0.4 is 42.0 Å². The van der Waals surface area contributed by atoms with Gasteiger partial charge in [-0.15, -0.1) is 10.2 Å². The number of methoxy groups -OCH3 is 1. The standard InChI is InChI=1S/C62H82N12O15S/c1-32-5-14-39(15-6-32)71-21-23-72(24-22-71)40-16-12-38(13-17-40)60-70-69-59(90-60)37-10-8-36(9-11-37)54(82)65-43-27-41(76)29-64-58(86)52-53(81)33(2)30-74(52)62(88)51(46(79)19-20-63)68-57(85)50(47(80)25-35-7-18-45(78)48(26-35)89-4)67-56(84)44-28-42(77)31-73(44)61(87)49(34(3)75)66-55(43)83/h7-13,16-18,26,33-34,39,41-44,46-47,49-53,75-81H,1,5-6,14-15,19-25,27-31,63H2,2-4H3,(H,64,86)(H,65,82)(H,66,83)(H,67,84)(H,68,85)/t33-,34+,41+,42+,43?,44-,46+,47+,49-,50-,51-,52-,53-/m0/s1. The number of phenols is 1. The Hall–Kier alpha value is -7.67. The van der Waals surface area contributed by atoms with Crippen molar-refractivity contribution in [3.63, 3.8) is 0 Å². The lowest BCUT2D eigenvalue weighted by Crippen LogP contribution is -2.64. The lowest BCUT2D eigenvalue weighted by Gasteiger charge is -2.41. The second kappa shape index (κ2) is 29.5. The Balaban J connectivity index is 0.948. The number of ether oxygens (including phenoxy) is 1. The van der Waals surface area contributed by atoms with Gasteiger partial charge in [0.15, 0.2) is 11.5 Å². The normalized spacial score (nSPS) is 27.5. The third kappa shape index (κ3) is 15.5. The lowest BCUT2D eigenvalue weighted by atomic mass is 9.90. The molecule has 27 nitrogen and oxygen atoms in total. The molecular formula is C62H82N12O15S. The molecule has 4 aromatic rings. The van der Waals surface area contributed by atoms with Gasteiger partial charge in [0.05, 0.1) is 43.7 Å². The van der Waals surface area contributed by atoms with E-state index >= 15 is 0 Å². The van der Waals surface area contributed by atoms with Crippen molar-refractivity contribution in [2.45, 2.75) is 144 Å². The summed E-state index contributed by atoms with van der Waals surface area (Å²) in [4.78, 5) is 108. The highest BCUT2D eigenvalue weighted by Crippen LogP contribution is 2.34. The molecule has 5 aliphatic rings. The number of benzene rings is 3. The predicted molar refractivity (Wildman–Crippen MR) is 329 cm³/mol. The van der Waals surface area contributed by atoms with Crippen molar-refractivity contribution in [2.75, 3.05) is 64.4 Å². The number of hydrogen-bond donors (Lipinski definition) is 13. The third-order valence-corrected chi connectivity index (χ3v) is 18.7. The van der Waals surface area contributed by atoms with Gasteiger partial charge in [-0.05, 0) is 99.7 Å². The lowest BCUT2D eigenvalue weighted by molar-refractivity contribution is -0.147. The molecule has 5 fully saturated rings. The fourth-order valence-corrected chi connectivity index (χ4v) is 13.3. The van der Waals surface area contributed by atoms with Crippen LogP contribution in [-0.2, 0) is 35.2 Å². The van der Waals surface area contributed by atoms with Gasteiger partial charge in [-0.25, -0.2) is 0 Å². The summed E-state index contributed by atoms with van der Waals surface area (Å²) in [5, 5.41) is 101. The molecule has 0 bridgehead atoms. The van der Waals surface area contributed by atoms with Crippen molar-refractivity contribution < 1.29 is 74.0 Å². The number of amides is 7. The number of β-amino-alcohol motifs (C(OH)–C–C–N with tert-alkyl or cyclic N) is 1. The molecule has 1 unspecified atom stereocenters. The summed E-state index contributed by atoms with van der Waals surface area (Å²) in [5.41, 5.74) is 10.1. The molecule has 5 heterocycles. The summed E-state index contributed by atoms with van der Waals surface area (Å²) in [5.74, 6) is -8.51. The highest BCUT2D eigenvalue weighted by molar-refractivity contribution is 7.17. The van der Waals surface area contributed by atoms with Gasteiger partial charge in [0, 0.05) is 99.4 Å². The number of aromatic hydroxyl groups is 1. The predicted octanol–water partition coefficient (Wildman–Crippen LogP) is -1.50. The minimum absolute atomic E-state index is 0.00219. The summed E-state index contributed by atoms with van der Waals surface area (Å²) in [6, 6.07) is 8.23. The minimum Gasteiger partial charge on any atom is -0.504 e. The SMILES string of the molecule is C=C1CCC(N2CCN(c3ccc(-c4nnc(-c5ccc(C(=O)NC6C[C@@H](O)CNC(=O)[C@@H]7[C@@H](O)[C@@H](C)CN7C(=O)[C@H]([C@H](O)CCN)NC(=O)[C@H]([C@H](O)Cc7ccc(O)c(OC)c7)NC(=O)[C@@H]7C[C@@H](O)CN7C(=O)[C@H]([C@@H](C)O)NC6=O)cc5)s4)cc3)CC2)CC1. The third-order valence-electron chi connectivity index (χ3n) is 17.7. The fourth-order valence-electron chi connectivity index (χ4n) is 12.5. The molecule has 14 N–H and O–H groups in total.